The third kappa shape index (κ3) is 6.00. The first-order chi connectivity index (χ1) is 12.5. The minimum Gasteiger partial charge on any atom is -0.356 e. The standard InChI is InChI=1S/C18H28N4O4/c23-15(19-9-11-1-2-11)7-5-13-17(25)22-14(18(26)21-13)6-8-16(24)20-10-12-3-4-12/h11-14H,1-10H2,(H,19,23)(H,20,24)(H,21,26)(H,22,25). The predicted octanol–water partition coefficient (Wildman–Crippen LogP) is -0.418. The van der Waals surface area contributed by atoms with E-state index in [0.29, 0.717) is 24.9 Å². The lowest BCUT2D eigenvalue weighted by molar-refractivity contribution is -0.137. The lowest BCUT2D eigenvalue weighted by Crippen LogP contribution is -2.61. The minimum atomic E-state index is -0.686. The van der Waals surface area contributed by atoms with Gasteiger partial charge in [0, 0.05) is 25.9 Å². The Balaban J connectivity index is 1.33. The summed E-state index contributed by atoms with van der Waals surface area (Å²) in [6, 6.07) is -1.37. The summed E-state index contributed by atoms with van der Waals surface area (Å²) in [5.74, 6) is 0.463. The van der Waals surface area contributed by atoms with E-state index < -0.39 is 12.1 Å². The minimum absolute atomic E-state index is 0.0894. The number of carbonyl (C=O) groups is 4. The van der Waals surface area contributed by atoms with Crippen molar-refractivity contribution in [2.75, 3.05) is 13.1 Å². The molecule has 0 bridgehead atoms. The van der Waals surface area contributed by atoms with Gasteiger partial charge in [-0.1, -0.05) is 0 Å². The molecule has 3 fully saturated rings. The van der Waals surface area contributed by atoms with Gasteiger partial charge in [-0.15, -0.1) is 0 Å². The monoisotopic (exact) mass is 364 g/mol. The van der Waals surface area contributed by atoms with E-state index in [1.807, 2.05) is 0 Å². The van der Waals surface area contributed by atoms with E-state index in [0.717, 1.165) is 0 Å². The van der Waals surface area contributed by atoms with Crippen LogP contribution in [0.4, 0.5) is 0 Å². The second-order valence-electron chi connectivity index (χ2n) is 7.69. The molecular weight excluding hydrogens is 336 g/mol. The maximum Gasteiger partial charge on any atom is 0.243 e. The molecular formula is C18H28N4O4. The Morgan fingerprint density at radius 1 is 0.769 bits per heavy atom. The van der Waals surface area contributed by atoms with Crippen molar-refractivity contribution < 1.29 is 19.2 Å². The van der Waals surface area contributed by atoms with Crippen LogP contribution in [-0.2, 0) is 19.2 Å². The molecule has 2 saturated carbocycles. The van der Waals surface area contributed by atoms with Crippen molar-refractivity contribution in [3.05, 3.63) is 0 Å². The van der Waals surface area contributed by atoms with Gasteiger partial charge in [-0.2, -0.15) is 0 Å². The molecule has 2 unspecified atom stereocenters. The van der Waals surface area contributed by atoms with Crippen LogP contribution >= 0.6 is 0 Å². The molecule has 0 aromatic heterocycles. The fourth-order valence-corrected chi connectivity index (χ4v) is 2.97. The Kier molecular flexibility index (Phi) is 6.11. The lowest BCUT2D eigenvalue weighted by Gasteiger charge is -2.29. The number of piperazine rings is 1. The van der Waals surface area contributed by atoms with Crippen LogP contribution in [0, 0.1) is 11.8 Å². The summed E-state index contributed by atoms with van der Waals surface area (Å²) in [5, 5.41) is 11.0. The summed E-state index contributed by atoms with van der Waals surface area (Å²) in [5.41, 5.74) is 0. The van der Waals surface area contributed by atoms with Crippen LogP contribution < -0.4 is 21.3 Å². The van der Waals surface area contributed by atoms with Crippen LogP contribution in [0.25, 0.3) is 0 Å². The summed E-state index contributed by atoms with van der Waals surface area (Å²) >= 11 is 0. The van der Waals surface area contributed by atoms with Gasteiger partial charge < -0.3 is 21.3 Å². The van der Waals surface area contributed by atoms with Crippen LogP contribution in [0.1, 0.15) is 51.4 Å². The zero-order valence-electron chi connectivity index (χ0n) is 15.0. The Morgan fingerprint density at radius 3 is 1.50 bits per heavy atom. The molecule has 3 rings (SSSR count). The molecule has 26 heavy (non-hydrogen) atoms. The van der Waals surface area contributed by atoms with Crippen molar-refractivity contribution in [1.82, 2.24) is 21.3 Å². The highest BCUT2D eigenvalue weighted by molar-refractivity contribution is 5.97. The van der Waals surface area contributed by atoms with E-state index in [-0.39, 0.29) is 49.3 Å². The third-order valence-electron chi connectivity index (χ3n) is 5.16. The highest BCUT2D eigenvalue weighted by Gasteiger charge is 2.34. The van der Waals surface area contributed by atoms with E-state index >= 15 is 0 Å². The molecule has 8 heteroatoms. The second-order valence-corrected chi connectivity index (χ2v) is 7.69. The van der Waals surface area contributed by atoms with Crippen molar-refractivity contribution in [3.8, 4) is 0 Å². The Morgan fingerprint density at radius 2 is 1.15 bits per heavy atom. The molecule has 2 atom stereocenters. The molecule has 4 N–H and O–H groups in total. The normalized spacial score (nSPS) is 25.2. The number of nitrogens with one attached hydrogen (secondary N) is 4. The summed E-state index contributed by atoms with van der Waals surface area (Å²) in [4.78, 5) is 47.8. The zero-order chi connectivity index (χ0) is 18.5. The van der Waals surface area contributed by atoms with Gasteiger partial charge in [0.25, 0.3) is 0 Å². The topological polar surface area (TPSA) is 116 Å². The first-order valence-corrected chi connectivity index (χ1v) is 9.65. The Hall–Kier alpha value is -2.12. The molecule has 1 heterocycles. The van der Waals surface area contributed by atoms with Crippen LogP contribution in [0.15, 0.2) is 0 Å². The molecule has 4 amide bonds. The fourth-order valence-electron chi connectivity index (χ4n) is 2.97. The first kappa shape index (κ1) is 18.7. The van der Waals surface area contributed by atoms with Crippen LogP contribution in [0.3, 0.4) is 0 Å². The number of carbonyl (C=O) groups excluding carboxylic acids is 4. The molecule has 8 nitrogen and oxygen atoms in total. The largest absolute Gasteiger partial charge is 0.356 e. The summed E-state index contributed by atoms with van der Waals surface area (Å²) in [6.07, 6.45) is 5.65. The van der Waals surface area contributed by atoms with Crippen LogP contribution in [0.5, 0.6) is 0 Å². The fraction of sp³-hybridized carbons (Fsp3) is 0.778. The van der Waals surface area contributed by atoms with Gasteiger partial charge in [-0.3, -0.25) is 19.2 Å². The Bertz CT molecular complexity index is 522. The van der Waals surface area contributed by atoms with Crippen molar-refractivity contribution in [2.24, 2.45) is 11.8 Å². The Labute approximate surface area is 153 Å². The molecule has 0 radical (unpaired) electrons. The van der Waals surface area contributed by atoms with Gasteiger partial charge in [0.1, 0.15) is 12.1 Å². The third-order valence-corrected chi connectivity index (χ3v) is 5.16. The number of hydrogen-bond acceptors (Lipinski definition) is 4. The van der Waals surface area contributed by atoms with E-state index in [1.54, 1.807) is 0 Å². The van der Waals surface area contributed by atoms with Gasteiger partial charge in [0.2, 0.25) is 23.6 Å². The molecule has 3 aliphatic rings. The van der Waals surface area contributed by atoms with Gasteiger partial charge in [0.05, 0.1) is 0 Å². The van der Waals surface area contributed by atoms with E-state index in [9.17, 15) is 19.2 Å². The molecule has 2 aliphatic carbocycles. The van der Waals surface area contributed by atoms with Gasteiger partial charge >= 0.3 is 0 Å². The van der Waals surface area contributed by atoms with E-state index in [2.05, 4.69) is 21.3 Å². The van der Waals surface area contributed by atoms with Crippen molar-refractivity contribution in [3.63, 3.8) is 0 Å². The zero-order valence-corrected chi connectivity index (χ0v) is 15.0. The first-order valence-electron chi connectivity index (χ1n) is 9.65. The quantitative estimate of drug-likeness (QED) is 0.421. The molecule has 144 valence electrons. The van der Waals surface area contributed by atoms with E-state index in [1.165, 1.54) is 25.7 Å². The number of amides is 4. The molecule has 0 spiro atoms. The van der Waals surface area contributed by atoms with Gasteiger partial charge in [0.15, 0.2) is 0 Å². The predicted molar refractivity (Wildman–Crippen MR) is 93.8 cm³/mol. The average molecular weight is 364 g/mol. The highest BCUT2D eigenvalue weighted by atomic mass is 16.2. The smallest absolute Gasteiger partial charge is 0.243 e. The summed E-state index contributed by atoms with van der Waals surface area (Å²) in [6.45, 7) is 1.40. The van der Waals surface area contributed by atoms with Crippen molar-refractivity contribution in [2.45, 2.75) is 63.5 Å². The maximum absolute atomic E-state index is 12.1. The number of rotatable bonds is 10. The molecule has 1 saturated heterocycles. The average Bonchev–Trinajstić information content (AvgIpc) is 3.51. The SMILES string of the molecule is O=C(CCC1NC(=O)C(CCC(=O)NCC2CC2)NC1=O)NCC1CC1. The second kappa shape index (κ2) is 8.51. The maximum atomic E-state index is 12.1. The molecule has 0 aromatic carbocycles. The van der Waals surface area contributed by atoms with Crippen molar-refractivity contribution >= 4 is 23.6 Å². The van der Waals surface area contributed by atoms with Crippen LogP contribution in [-0.4, -0.2) is 48.8 Å². The highest BCUT2D eigenvalue weighted by Crippen LogP contribution is 2.28. The molecule has 0 aromatic rings. The van der Waals surface area contributed by atoms with Crippen LogP contribution in [0.2, 0.25) is 0 Å². The van der Waals surface area contributed by atoms with Gasteiger partial charge in [-0.05, 0) is 50.4 Å². The summed E-state index contributed by atoms with van der Waals surface area (Å²) in [7, 11) is 0. The molecule has 1 aliphatic heterocycles. The van der Waals surface area contributed by atoms with E-state index in [4.69, 9.17) is 0 Å². The lowest BCUT2D eigenvalue weighted by atomic mass is 10.0. The van der Waals surface area contributed by atoms with Gasteiger partial charge in [-0.25, -0.2) is 0 Å². The number of hydrogen-bond donors (Lipinski definition) is 4. The summed E-state index contributed by atoms with van der Waals surface area (Å²) < 4.78 is 0. The van der Waals surface area contributed by atoms with Crippen molar-refractivity contribution in [1.29, 1.82) is 0 Å².